The fourth-order valence-electron chi connectivity index (χ4n) is 3.62. The molecular formula is C19H18F3N6O4P. The average Bonchev–Trinajstić information content (AvgIpc) is 3.41. The van der Waals surface area contributed by atoms with Gasteiger partial charge in [0.25, 0.3) is 5.56 Å². The lowest BCUT2D eigenvalue weighted by molar-refractivity contribution is -0.143. The van der Waals surface area contributed by atoms with Crippen LogP contribution in [-0.2, 0) is 21.0 Å². The van der Waals surface area contributed by atoms with Crippen molar-refractivity contribution < 1.29 is 27.6 Å². The maximum Gasteiger partial charge on any atom is 0.418 e. The number of nitrogens with zero attached hydrogens (tertiary/aromatic N) is 5. The van der Waals surface area contributed by atoms with Gasteiger partial charge in [0.05, 0.1) is 22.3 Å². The normalized spacial score (nSPS) is 14.5. The summed E-state index contributed by atoms with van der Waals surface area (Å²) in [5.74, 6) is -0.235. The topological polar surface area (TPSA) is 127 Å². The number of alkyl halides is 3. The van der Waals surface area contributed by atoms with Crippen LogP contribution in [0.15, 0.2) is 29.3 Å². The molecule has 0 fully saturated rings. The predicted molar refractivity (Wildman–Crippen MR) is 110 cm³/mol. The Kier molecular flexibility index (Phi) is 5.59. The van der Waals surface area contributed by atoms with Crippen LogP contribution in [0.25, 0.3) is 22.4 Å². The highest BCUT2D eigenvalue weighted by Crippen LogP contribution is 2.38. The third kappa shape index (κ3) is 3.71. The number of nitrogens with one attached hydrogen (secondary N) is 1. The molecule has 1 unspecified atom stereocenters. The zero-order chi connectivity index (χ0) is 24.1. The summed E-state index contributed by atoms with van der Waals surface area (Å²) in [5, 5.41) is 18.2. The summed E-state index contributed by atoms with van der Waals surface area (Å²) in [6.45, 7) is 5.04. The van der Waals surface area contributed by atoms with Crippen LogP contribution >= 0.6 is 8.46 Å². The van der Waals surface area contributed by atoms with Gasteiger partial charge < -0.3 is 19.4 Å². The number of aromatic nitrogens is 6. The van der Waals surface area contributed by atoms with Gasteiger partial charge in [0.2, 0.25) is 19.9 Å². The first-order valence-electron chi connectivity index (χ1n) is 9.79. The summed E-state index contributed by atoms with van der Waals surface area (Å²) in [7, 11) is -0.901. The van der Waals surface area contributed by atoms with Crippen LogP contribution in [0.4, 0.5) is 13.2 Å². The molecule has 2 N–H and O–H groups in total. The van der Waals surface area contributed by atoms with Crippen LogP contribution in [0.2, 0.25) is 0 Å². The van der Waals surface area contributed by atoms with Gasteiger partial charge >= 0.3 is 11.7 Å². The molecule has 0 amide bonds. The van der Waals surface area contributed by atoms with E-state index in [0.29, 0.717) is 5.82 Å². The Morgan fingerprint density at radius 2 is 2.00 bits per heavy atom. The largest absolute Gasteiger partial charge is 0.418 e. The van der Waals surface area contributed by atoms with Crippen molar-refractivity contribution in [2.45, 2.75) is 38.4 Å². The SMILES string of the molecule is CCOC(O)(P=O)c1nnc2c(=O)[nH]c3cc(C(F)(F)F)c(-n4ccnc4C(C)C)cc3n12. The molecule has 3 heterocycles. The van der Waals surface area contributed by atoms with Crippen molar-refractivity contribution >= 4 is 25.1 Å². The molecule has 0 spiro atoms. The van der Waals surface area contributed by atoms with Gasteiger partial charge in [-0.1, -0.05) is 13.8 Å². The first-order chi connectivity index (χ1) is 15.5. The van der Waals surface area contributed by atoms with Gasteiger partial charge in [0.1, 0.15) is 5.82 Å². The molecule has 174 valence electrons. The van der Waals surface area contributed by atoms with Crippen molar-refractivity contribution in [3.8, 4) is 5.69 Å². The van der Waals surface area contributed by atoms with E-state index in [9.17, 15) is 27.6 Å². The van der Waals surface area contributed by atoms with Crippen LogP contribution in [0.5, 0.6) is 0 Å². The summed E-state index contributed by atoms with van der Waals surface area (Å²) in [6, 6.07) is 1.96. The molecule has 0 radical (unpaired) electrons. The number of aliphatic hydroxyl groups is 1. The minimum Gasteiger partial charge on any atom is -0.350 e. The number of H-pyrrole nitrogens is 1. The van der Waals surface area contributed by atoms with Crippen LogP contribution in [-0.4, -0.2) is 40.8 Å². The Morgan fingerprint density at radius 1 is 1.27 bits per heavy atom. The van der Waals surface area contributed by atoms with Crippen LogP contribution < -0.4 is 5.56 Å². The third-order valence-corrected chi connectivity index (χ3v) is 5.56. The van der Waals surface area contributed by atoms with Crippen LogP contribution in [0.1, 0.15) is 43.9 Å². The molecule has 14 heteroatoms. The maximum absolute atomic E-state index is 14.0. The second-order valence-electron chi connectivity index (χ2n) is 7.46. The number of aromatic amines is 1. The Hall–Kier alpha value is -3.15. The lowest BCUT2D eigenvalue weighted by Crippen LogP contribution is -2.26. The first kappa shape index (κ1) is 23.0. The molecule has 10 nitrogen and oxygen atoms in total. The number of fused-ring (bicyclic) bond motifs is 3. The van der Waals surface area contributed by atoms with E-state index in [1.807, 2.05) is 0 Å². The predicted octanol–water partition coefficient (Wildman–Crippen LogP) is 3.33. The molecule has 3 aromatic heterocycles. The van der Waals surface area contributed by atoms with E-state index < -0.39 is 37.1 Å². The number of rotatable bonds is 6. The lowest BCUT2D eigenvalue weighted by Gasteiger charge is -2.20. The minimum absolute atomic E-state index is 0.0257. The summed E-state index contributed by atoms with van der Waals surface area (Å²) in [5.41, 5.74) is -5.09. The van der Waals surface area contributed by atoms with Gasteiger partial charge in [-0.3, -0.25) is 13.8 Å². The molecule has 0 aliphatic rings. The van der Waals surface area contributed by atoms with Gasteiger partial charge in [0.15, 0.2) is 0 Å². The summed E-state index contributed by atoms with van der Waals surface area (Å²) >= 11 is 0. The Balaban J connectivity index is 2.17. The van der Waals surface area contributed by atoms with Gasteiger partial charge in [0, 0.05) is 24.9 Å². The fraction of sp³-hybridized carbons (Fsp3) is 0.368. The standard InChI is InChI=1S/C19H18F3N6O4P/c1-4-32-19(30,33-31)17-26-25-15-16(29)24-11-7-10(18(20,21)22)12(8-13(11)28(15)17)27-6-5-23-14(27)9(2)3/h5-9,30H,4H2,1-3H3,(H,24,29). The molecule has 0 saturated carbocycles. The molecule has 0 bridgehead atoms. The van der Waals surface area contributed by atoms with Gasteiger partial charge in [-0.15, -0.1) is 10.2 Å². The van der Waals surface area contributed by atoms with Crippen molar-refractivity contribution in [2.24, 2.45) is 0 Å². The first-order valence-corrected chi connectivity index (χ1v) is 10.6. The maximum atomic E-state index is 14.0. The molecule has 4 rings (SSSR count). The fourth-order valence-corrected chi connectivity index (χ4v) is 4.02. The quantitative estimate of drug-likeness (QED) is 0.319. The molecule has 0 saturated heterocycles. The molecule has 33 heavy (non-hydrogen) atoms. The zero-order valence-electron chi connectivity index (χ0n) is 17.6. The van der Waals surface area contributed by atoms with E-state index in [1.54, 1.807) is 13.8 Å². The molecular weight excluding hydrogens is 464 g/mol. The van der Waals surface area contributed by atoms with Gasteiger partial charge in [-0.05, 0) is 19.1 Å². The minimum atomic E-state index is -4.76. The lowest BCUT2D eigenvalue weighted by atomic mass is 10.1. The highest BCUT2D eigenvalue weighted by molar-refractivity contribution is 7.24. The number of ether oxygens (including phenoxy) is 1. The van der Waals surface area contributed by atoms with Gasteiger partial charge in [-0.2, -0.15) is 13.2 Å². The van der Waals surface area contributed by atoms with Crippen molar-refractivity contribution in [3.63, 3.8) is 0 Å². The number of hydrogen-bond donors (Lipinski definition) is 2. The summed E-state index contributed by atoms with van der Waals surface area (Å²) < 4.78 is 61.3. The monoisotopic (exact) mass is 482 g/mol. The molecule has 1 atom stereocenters. The highest BCUT2D eigenvalue weighted by Gasteiger charge is 2.39. The van der Waals surface area contributed by atoms with Crippen molar-refractivity contribution in [3.05, 3.63) is 52.1 Å². The highest BCUT2D eigenvalue weighted by atomic mass is 31.1. The third-order valence-electron chi connectivity index (χ3n) is 4.98. The van der Waals surface area contributed by atoms with E-state index in [4.69, 9.17) is 4.74 Å². The Morgan fingerprint density at radius 3 is 2.61 bits per heavy atom. The van der Waals surface area contributed by atoms with Crippen molar-refractivity contribution in [2.75, 3.05) is 6.61 Å². The summed E-state index contributed by atoms with van der Waals surface area (Å²) in [4.78, 5) is 19.0. The summed E-state index contributed by atoms with van der Waals surface area (Å²) in [6.07, 6.45) is -1.98. The number of halogens is 3. The van der Waals surface area contributed by atoms with Crippen LogP contribution in [0.3, 0.4) is 0 Å². The molecule has 1 aromatic carbocycles. The number of benzene rings is 1. The Bertz CT molecular complexity index is 1430. The number of imidazole rings is 1. The van der Waals surface area contributed by atoms with Crippen molar-refractivity contribution in [1.29, 1.82) is 0 Å². The van der Waals surface area contributed by atoms with E-state index >= 15 is 0 Å². The van der Waals surface area contributed by atoms with Crippen molar-refractivity contribution in [1.82, 2.24) is 29.1 Å². The second-order valence-corrected chi connectivity index (χ2v) is 8.25. The molecule has 4 aromatic rings. The van der Waals surface area contributed by atoms with Crippen LogP contribution in [0, 0.1) is 0 Å². The van der Waals surface area contributed by atoms with E-state index in [-0.39, 0.29) is 34.9 Å². The van der Waals surface area contributed by atoms with E-state index in [2.05, 4.69) is 20.2 Å². The van der Waals surface area contributed by atoms with E-state index in [0.717, 1.165) is 10.5 Å². The smallest absolute Gasteiger partial charge is 0.350 e. The Labute approximate surface area is 185 Å². The van der Waals surface area contributed by atoms with E-state index in [1.165, 1.54) is 30.0 Å². The average molecular weight is 482 g/mol. The molecule has 0 aliphatic carbocycles. The zero-order valence-corrected chi connectivity index (χ0v) is 18.5. The number of hydrogen-bond acceptors (Lipinski definition) is 7. The molecule has 0 aliphatic heterocycles. The second kappa shape index (κ2) is 8.01. The van der Waals surface area contributed by atoms with Gasteiger partial charge in [-0.25, -0.2) is 4.98 Å².